The van der Waals surface area contributed by atoms with Crippen molar-refractivity contribution >= 4 is 42.0 Å². The van der Waals surface area contributed by atoms with Crippen LogP contribution in [0, 0.1) is 54.3 Å². The molecule has 1 spiro atoms. The number of carbonyl (C=O) groups is 7. The van der Waals surface area contributed by atoms with E-state index >= 15 is 0 Å². The number of hydrogen-bond acceptors (Lipinski definition) is 42. The summed E-state index contributed by atoms with van der Waals surface area (Å²) in [5.41, 5.74) is 4.79. The average Bonchev–Trinajstić information content (AvgIpc) is 0.761. The van der Waals surface area contributed by atoms with Gasteiger partial charge in [-0.1, -0.05) is 40.5 Å². The van der Waals surface area contributed by atoms with Gasteiger partial charge in [-0.05, 0) is 0 Å². The first-order valence-corrected chi connectivity index (χ1v) is 38.2. The largest absolute Gasteiger partial charge is 0.477 e. The topological polar surface area (TPSA) is 719 Å². The van der Waals surface area contributed by atoms with Crippen molar-refractivity contribution in [3.05, 3.63) is 0 Å². The van der Waals surface area contributed by atoms with Gasteiger partial charge in [-0.15, -0.1) is 18.8 Å². The Kier molecular flexibility index (Phi) is 41.8. The second-order valence-electron chi connectivity index (χ2n) is 30.1. The summed E-state index contributed by atoms with van der Waals surface area (Å²) in [5.74, 6) is -20.9. The lowest BCUT2D eigenvalue weighted by atomic mass is 9.82. The standard InChI is InChI=1S/C26H42O14.C23H37NO15.C22H38O15.C3H5N/c1-6-7-8-19(31)25(9-15(29)13(2)22(39-25)20(32)17(11-27)36-4)38-18(12-28)21(33)23-14(3)16(30)10-26(37-5,40-23)24(34)35;1-10-12(28)5-22(38-19(10)17(30)14(7-25)33-3)21(32)35-8-15(37-22)18(31)20-16(24-11(2)27)13(29)6-23(34-4,39-20)36-9-26;1-9-11(25)5-21(34-4,19(29)30)36-18(9)16(28)14(8-24)35-22(20(31)32)6-12(26)10(2)17(37-22)15(27)13(7-23)33-3;1-2-3-4/h1,13-18,20-23,27-30,32-33H,7-12H2,2-5H3,(H,34,35);9-10,12-20,25,28-31H,5-8H2,1-4H3,(H,24,27);9-18,23-28H,5-8H2,1-4H3,(H,29,30)(H,31,32);1H,3-4H2/t13-,14-,15-,16-,17-,18-,20-,21-,22?,23?,25-,26-;10-,12-,13?,14-,15+,16?,17-,18?,19?,20-,22-,23?;9-,10-,11-,12-,13-,14-,15-,16-,17?,18?,21-,22-;/m111./s1. The number of aliphatic carboxylic acids is 3. The number of terminal acetylenes is 2. The molecule has 1 amide bonds. The molecule has 7 saturated heterocycles. The minimum absolute atomic E-state index is 0.0236. The number of methoxy groups -OCH3 is 6. The van der Waals surface area contributed by atoms with Gasteiger partial charge in [0.1, 0.15) is 86.0 Å². The summed E-state index contributed by atoms with van der Waals surface area (Å²) in [6.45, 7) is 4.73. The summed E-state index contributed by atoms with van der Waals surface area (Å²) in [7, 11) is 6.91. The van der Waals surface area contributed by atoms with Crippen LogP contribution in [0.3, 0.4) is 0 Å². The van der Waals surface area contributed by atoms with Crippen molar-refractivity contribution < 1.29 is 216 Å². The van der Waals surface area contributed by atoms with E-state index in [-0.39, 0.29) is 19.3 Å². The highest BCUT2D eigenvalue weighted by atomic mass is 16.9. The summed E-state index contributed by atoms with van der Waals surface area (Å²) in [6, 6.07) is -1.24. The lowest BCUT2D eigenvalue weighted by Crippen LogP contribution is -2.69. The number of nitrogens with two attached hydrogens (primary N) is 1. The molecule has 7 rings (SSSR count). The van der Waals surface area contributed by atoms with Crippen LogP contribution in [0.1, 0.15) is 92.9 Å². The molecule has 120 heavy (non-hydrogen) atoms. The monoisotopic (exact) mass is 1740 g/mol. The molecule has 46 heteroatoms. The normalized spacial score (nSPS) is 38.4. The Balaban J connectivity index is 0.000000370. The average molecular weight is 1740 g/mol. The number of Topliss-reactive ketones (excluding diaryl/α,β-unsaturated/α-hetero) is 1. The molecule has 9 unspecified atom stereocenters. The third-order valence-electron chi connectivity index (χ3n) is 22.6. The van der Waals surface area contributed by atoms with Gasteiger partial charge in [0, 0.05) is 124 Å². The molecule has 7 aliphatic heterocycles. The Bertz CT molecular complexity index is 3310. The summed E-state index contributed by atoms with van der Waals surface area (Å²) in [5, 5.41) is 211. The van der Waals surface area contributed by atoms with Crippen LogP contribution in [0.15, 0.2) is 0 Å². The van der Waals surface area contributed by atoms with Gasteiger partial charge in [-0.3, -0.25) is 14.4 Å². The second-order valence-corrected chi connectivity index (χ2v) is 30.1. The van der Waals surface area contributed by atoms with E-state index < -0.39 is 331 Å². The fourth-order valence-electron chi connectivity index (χ4n) is 14.9. The molecule has 0 bridgehead atoms. The van der Waals surface area contributed by atoms with Crippen molar-refractivity contribution in [2.45, 2.75) is 280 Å². The van der Waals surface area contributed by atoms with Crippen molar-refractivity contribution in [2.75, 3.05) is 88.8 Å². The zero-order valence-corrected chi connectivity index (χ0v) is 68.5. The molecule has 36 atom stereocenters. The quantitative estimate of drug-likeness (QED) is 0.0120. The van der Waals surface area contributed by atoms with Gasteiger partial charge in [0.05, 0.1) is 119 Å². The molecule has 692 valence electrons. The molecule has 46 nitrogen and oxygen atoms in total. The third-order valence-corrected chi connectivity index (χ3v) is 22.6. The number of hydrogen-bond donors (Lipinski definition) is 22. The number of carboxylic acid groups (broad SMARTS) is 3. The van der Waals surface area contributed by atoms with Crippen LogP contribution in [0.25, 0.3) is 0 Å². The molecule has 0 radical (unpaired) electrons. The van der Waals surface area contributed by atoms with Crippen LogP contribution in [0.5, 0.6) is 0 Å². The molecule has 0 saturated carbocycles. The lowest BCUT2D eigenvalue weighted by molar-refractivity contribution is -0.408. The van der Waals surface area contributed by atoms with Crippen molar-refractivity contribution in [3.63, 3.8) is 0 Å². The number of nitrogens with one attached hydrogen (secondary N) is 1. The Morgan fingerprint density at radius 1 is 0.492 bits per heavy atom. The Morgan fingerprint density at radius 2 is 0.833 bits per heavy atom. The lowest BCUT2D eigenvalue weighted by Gasteiger charge is -2.51. The first-order valence-electron chi connectivity index (χ1n) is 38.2. The van der Waals surface area contributed by atoms with Crippen LogP contribution in [-0.2, 0) is 114 Å². The van der Waals surface area contributed by atoms with E-state index in [4.69, 9.17) is 92.7 Å². The van der Waals surface area contributed by atoms with Gasteiger partial charge >= 0.3 is 29.9 Å². The highest BCUT2D eigenvalue weighted by molar-refractivity contribution is 5.86. The number of cyclic esters (lactones) is 1. The predicted molar refractivity (Wildman–Crippen MR) is 394 cm³/mol. The van der Waals surface area contributed by atoms with E-state index in [1.165, 1.54) is 49.0 Å². The molecule has 0 aliphatic carbocycles. The summed E-state index contributed by atoms with van der Waals surface area (Å²) in [6.07, 6.45) is -28.3. The zero-order valence-electron chi connectivity index (χ0n) is 68.5. The van der Waals surface area contributed by atoms with Gasteiger partial charge in [0.15, 0.2) is 5.78 Å². The maximum atomic E-state index is 13.5. The number of aliphatic hydroxyl groups is 17. The number of esters is 1. The highest BCUT2D eigenvalue weighted by Gasteiger charge is 2.64. The number of ketones is 1. The van der Waals surface area contributed by atoms with Gasteiger partial charge in [-0.2, -0.15) is 0 Å². The van der Waals surface area contributed by atoms with E-state index in [0.717, 1.165) is 21.3 Å². The van der Waals surface area contributed by atoms with E-state index in [1.807, 2.05) is 0 Å². The van der Waals surface area contributed by atoms with Gasteiger partial charge in [-0.25, -0.2) is 19.2 Å². The van der Waals surface area contributed by atoms with Crippen LogP contribution in [0.2, 0.25) is 0 Å². The summed E-state index contributed by atoms with van der Waals surface area (Å²) >= 11 is 0. The molecule has 0 aromatic rings. The Labute approximate surface area is 690 Å². The van der Waals surface area contributed by atoms with Crippen molar-refractivity contribution in [2.24, 2.45) is 35.3 Å². The van der Waals surface area contributed by atoms with E-state index in [0.29, 0.717) is 6.54 Å². The van der Waals surface area contributed by atoms with Gasteiger partial charge in [0.25, 0.3) is 29.6 Å². The first kappa shape index (κ1) is 107. The third kappa shape index (κ3) is 24.5. The Hall–Kier alpha value is -5.71. The summed E-state index contributed by atoms with van der Waals surface area (Å²) in [4.78, 5) is 85.4. The SMILES string of the molecule is C#CCCC(=O)[C@@]1(O[C@H](CO)[C@@H](O)C2O[C@@](OC)(C(=O)O)C[C@@H](O)[C@H]2C)C[C@@H](O)[C@@H](C)C([C@H](O)[C@@H](CO)OC)O1.C#CCN.CO[C@H](CO)[C@@H](O)C1O[C@@](O[C@H](CO)[C@@H](O)C2O[C@@](OC)(C(=O)O)C[C@@H](O)[C@H]2C)(C(=O)O)C[C@@H](O)[C@H]1C.CO[C@H](CO)[C@@H](O)C1O[C@@]2(C[C@@H](O)[C@H]1C)O[C@H](C(O)[C@@H]1OC(OC)(OC=O)CC(O)C1NC(C)=O)COC2=O. The molecule has 23 N–H and O–H groups in total. The van der Waals surface area contributed by atoms with Gasteiger partial charge in [0.2, 0.25) is 11.7 Å². The molecular formula is C74H122N2O44. The second kappa shape index (κ2) is 47.0. The maximum absolute atomic E-state index is 13.5. The fourth-order valence-corrected chi connectivity index (χ4v) is 14.9. The summed E-state index contributed by atoms with van der Waals surface area (Å²) < 4.78 is 92.1. The van der Waals surface area contributed by atoms with Crippen molar-refractivity contribution in [1.29, 1.82) is 0 Å². The minimum atomic E-state index is -2.69. The molecule has 7 heterocycles. The van der Waals surface area contributed by atoms with Crippen LogP contribution in [0.4, 0.5) is 0 Å². The number of carbonyl (C=O) groups excluding carboxylic acids is 4. The molecule has 0 aromatic heterocycles. The first-order chi connectivity index (χ1) is 56.3. The number of ether oxygens (including phenoxy) is 17. The smallest absolute Gasteiger partial charge is 0.367 e. The molecular weight excluding hydrogens is 1620 g/mol. The number of amides is 1. The molecule has 7 aliphatic rings. The van der Waals surface area contributed by atoms with Crippen molar-refractivity contribution in [1.82, 2.24) is 5.32 Å². The predicted octanol–water partition coefficient (Wildman–Crippen LogP) is -9.51. The van der Waals surface area contributed by atoms with E-state index in [1.54, 1.807) is 13.8 Å². The fraction of sp³-hybridized carbons (Fsp3) is 0.851. The van der Waals surface area contributed by atoms with E-state index in [2.05, 4.69) is 23.6 Å². The number of rotatable bonds is 36. The van der Waals surface area contributed by atoms with Crippen LogP contribution in [-0.4, -0.2) is 420 Å². The van der Waals surface area contributed by atoms with Crippen LogP contribution < -0.4 is 11.1 Å². The zero-order chi connectivity index (χ0) is 91.2. The highest BCUT2D eigenvalue weighted by Crippen LogP contribution is 2.46. The Morgan fingerprint density at radius 3 is 1.17 bits per heavy atom. The maximum Gasteiger partial charge on any atom is 0.367 e. The van der Waals surface area contributed by atoms with E-state index in [9.17, 15) is 136 Å². The van der Waals surface area contributed by atoms with Crippen molar-refractivity contribution in [3.8, 4) is 24.7 Å². The number of carboxylic acids is 3. The minimum Gasteiger partial charge on any atom is -0.477 e. The molecule has 7 fully saturated rings. The van der Waals surface area contributed by atoms with Crippen LogP contribution >= 0.6 is 0 Å². The molecule has 0 aromatic carbocycles. The van der Waals surface area contributed by atoms with Gasteiger partial charge < -0.3 is 194 Å². The number of aliphatic hydroxyl groups excluding tert-OH is 17.